The number of nitrogens with zero attached hydrogens (tertiary/aromatic N) is 2. The Morgan fingerprint density at radius 1 is 1.32 bits per heavy atom. The number of hydrogen-bond donors (Lipinski definition) is 1. The first kappa shape index (κ1) is 21.3. The molecule has 0 radical (unpaired) electrons. The number of hydrogen-bond acceptors (Lipinski definition) is 8. The molecular weight excluding hydrogens is 386 g/mol. The van der Waals surface area contributed by atoms with Crippen molar-refractivity contribution in [2.24, 2.45) is 0 Å². The van der Waals surface area contributed by atoms with Gasteiger partial charge in [0.25, 0.3) is 11.6 Å². The second kappa shape index (κ2) is 10.4. The minimum absolute atomic E-state index is 0.00252. The van der Waals surface area contributed by atoms with Crippen LogP contribution < -0.4 is 5.32 Å². The summed E-state index contributed by atoms with van der Waals surface area (Å²) in [5.74, 6) is -1.17. The summed E-state index contributed by atoms with van der Waals surface area (Å²) in [7, 11) is 3.13. The Bertz CT molecular complexity index is 825. The molecule has 0 aliphatic heterocycles. The van der Waals surface area contributed by atoms with Crippen LogP contribution in [0.2, 0.25) is 0 Å². The van der Waals surface area contributed by atoms with Crippen LogP contribution in [-0.2, 0) is 20.8 Å². The maximum Gasteiger partial charge on any atom is 0.338 e. The lowest BCUT2D eigenvalue weighted by Gasteiger charge is -2.16. The molecule has 1 N–H and O–H groups in total. The lowest BCUT2D eigenvalue weighted by atomic mass is 10.1. The third-order valence-electron chi connectivity index (χ3n) is 3.80. The van der Waals surface area contributed by atoms with Crippen molar-refractivity contribution < 1.29 is 24.0 Å². The van der Waals surface area contributed by atoms with Gasteiger partial charge in [-0.2, -0.15) is 11.3 Å². The van der Waals surface area contributed by atoms with Crippen molar-refractivity contribution in [3.05, 3.63) is 56.3 Å². The lowest BCUT2D eigenvalue weighted by Crippen LogP contribution is -2.30. The first-order valence-electron chi connectivity index (χ1n) is 8.35. The average Bonchev–Trinajstić information content (AvgIpc) is 3.19. The van der Waals surface area contributed by atoms with Crippen LogP contribution in [0.25, 0.3) is 0 Å². The van der Waals surface area contributed by atoms with Gasteiger partial charge in [0.15, 0.2) is 6.61 Å². The first-order valence-corrected chi connectivity index (χ1v) is 9.30. The van der Waals surface area contributed by atoms with Crippen LogP contribution in [0.4, 0.5) is 11.4 Å². The zero-order valence-electron chi connectivity index (χ0n) is 15.5. The van der Waals surface area contributed by atoms with E-state index in [9.17, 15) is 19.7 Å². The Kier molecular flexibility index (Phi) is 7.90. The number of likely N-dealkylation sites (N-methyl/N-ethyl adjacent to an activating group) is 1. The molecule has 9 nitrogen and oxygen atoms in total. The standard InChI is InChI=1S/C18H21N3O6S/c1-20(10-13-5-8-28-12-13)17(22)11-27-18(23)14-3-4-15(19-6-7-26-2)16(9-14)21(24)25/h3-5,8-9,12,19H,6-7,10-11H2,1-2H3. The molecule has 2 aromatic rings. The van der Waals surface area contributed by atoms with Gasteiger partial charge < -0.3 is 19.7 Å². The first-order chi connectivity index (χ1) is 13.4. The Balaban J connectivity index is 1.96. The molecule has 1 amide bonds. The molecule has 0 saturated carbocycles. The number of nitro benzene ring substituents is 1. The highest BCUT2D eigenvalue weighted by Gasteiger charge is 2.19. The average molecular weight is 407 g/mol. The third kappa shape index (κ3) is 6.03. The number of nitro groups is 1. The number of methoxy groups -OCH3 is 1. The van der Waals surface area contributed by atoms with Crippen LogP contribution >= 0.6 is 11.3 Å². The maximum atomic E-state index is 12.2. The van der Waals surface area contributed by atoms with Crippen molar-refractivity contribution >= 4 is 34.6 Å². The van der Waals surface area contributed by atoms with Crippen molar-refractivity contribution in [1.29, 1.82) is 0 Å². The van der Waals surface area contributed by atoms with E-state index in [1.807, 2.05) is 16.8 Å². The number of nitrogens with one attached hydrogen (secondary N) is 1. The van der Waals surface area contributed by atoms with Crippen LogP contribution in [0.3, 0.4) is 0 Å². The molecule has 0 bridgehead atoms. The van der Waals surface area contributed by atoms with Crippen molar-refractivity contribution in [2.45, 2.75) is 6.54 Å². The van der Waals surface area contributed by atoms with Crippen molar-refractivity contribution in [1.82, 2.24) is 4.90 Å². The zero-order chi connectivity index (χ0) is 20.5. The molecule has 0 aliphatic rings. The Morgan fingerprint density at radius 3 is 2.75 bits per heavy atom. The van der Waals surface area contributed by atoms with E-state index >= 15 is 0 Å². The van der Waals surface area contributed by atoms with Crippen LogP contribution in [0.5, 0.6) is 0 Å². The number of ether oxygens (including phenoxy) is 2. The summed E-state index contributed by atoms with van der Waals surface area (Å²) < 4.78 is 9.90. The van der Waals surface area contributed by atoms with Gasteiger partial charge in [0.05, 0.1) is 17.1 Å². The van der Waals surface area contributed by atoms with Gasteiger partial charge in [-0.3, -0.25) is 14.9 Å². The summed E-state index contributed by atoms with van der Waals surface area (Å²) >= 11 is 1.53. The topological polar surface area (TPSA) is 111 Å². The molecule has 0 unspecified atom stereocenters. The second-order valence-electron chi connectivity index (χ2n) is 5.87. The van der Waals surface area contributed by atoms with Crippen LogP contribution in [-0.4, -0.2) is 55.6 Å². The van der Waals surface area contributed by atoms with Gasteiger partial charge in [-0.1, -0.05) is 0 Å². The predicted octanol–water partition coefficient (Wildman–Crippen LogP) is 2.53. The lowest BCUT2D eigenvalue weighted by molar-refractivity contribution is -0.384. The highest BCUT2D eigenvalue weighted by atomic mass is 32.1. The van der Waals surface area contributed by atoms with E-state index in [0.29, 0.717) is 19.7 Å². The van der Waals surface area contributed by atoms with Gasteiger partial charge in [0, 0.05) is 33.3 Å². The summed E-state index contributed by atoms with van der Waals surface area (Å²) in [5.41, 5.74) is 0.994. The molecule has 0 saturated heterocycles. The summed E-state index contributed by atoms with van der Waals surface area (Å²) in [5, 5.41) is 18.0. The Hall–Kier alpha value is -2.98. The molecule has 1 aromatic carbocycles. The van der Waals surface area contributed by atoms with Gasteiger partial charge in [-0.15, -0.1) is 0 Å². The minimum atomic E-state index is -0.802. The minimum Gasteiger partial charge on any atom is -0.452 e. The Morgan fingerprint density at radius 2 is 2.11 bits per heavy atom. The molecule has 2 rings (SSSR count). The number of carbonyl (C=O) groups excluding carboxylic acids is 2. The number of rotatable bonds is 10. The smallest absolute Gasteiger partial charge is 0.338 e. The van der Waals surface area contributed by atoms with Crippen molar-refractivity contribution in [2.75, 3.05) is 39.2 Å². The van der Waals surface area contributed by atoms with E-state index in [2.05, 4.69) is 5.32 Å². The van der Waals surface area contributed by atoms with Gasteiger partial charge >= 0.3 is 5.97 Å². The summed E-state index contributed by atoms with van der Waals surface area (Å²) in [6.45, 7) is 0.725. The number of anilines is 1. The fourth-order valence-electron chi connectivity index (χ4n) is 2.31. The van der Waals surface area contributed by atoms with Crippen LogP contribution in [0.1, 0.15) is 15.9 Å². The number of thiophene rings is 1. The van der Waals surface area contributed by atoms with Gasteiger partial charge in [0.1, 0.15) is 5.69 Å². The van der Waals surface area contributed by atoms with E-state index in [-0.39, 0.29) is 22.8 Å². The fourth-order valence-corrected chi connectivity index (χ4v) is 2.97. The molecule has 10 heteroatoms. The molecular formula is C18H21N3O6S. The highest BCUT2D eigenvalue weighted by molar-refractivity contribution is 7.07. The van der Waals surface area contributed by atoms with Crippen LogP contribution in [0, 0.1) is 10.1 Å². The van der Waals surface area contributed by atoms with E-state index in [1.165, 1.54) is 35.5 Å². The number of benzene rings is 1. The van der Waals surface area contributed by atoms with Gasteiger partial charge in [-0.05, 0) is 34.5 Å². The van der Waals surface area contributed by atoms with E-state index in [4.69, 9.17) is 9.47 Å². The van der Waals surface area contributed by atoms with Gasteiger partial charge in [-0.25, -0.2) is 4.79 Å². The summed E-state index contributed by atoms with van der Waals surface area (Å²) in [6.07, 6.45) is 0. The molecule has 0 atom stereocenters. The molecule has 0 spiro atoms. The molecule has 28 heavy (non-hydrogen) atoms. The summed E-state index contributed by atoms with van der Waals surface area (Å²) in [6, 6.07) is 5.86. The third-order valence-corrected chi connectivity index (χ3v) is 4.54. The monoisotopic (exact) mass is 407 g/mol. The SMILES string of the molecule is COCCNc1ccc(C(=O)OCC(=O)N(C)Cc2ccsc2)cc1[N+](=O)[O-]. The molecule has 1 heterocycles. The van der Waals surface area contributed by atoms with E-state index < -0.39 is 17.5 Å². The largest absolute Gasteiger partial charge is 0.452 e. The van der Waals surface area contributed by atoms with Crippen LogP contribution in [0.15, 0.2) is 35.0 Å². The predicted molar refractivity (Wildman–Crippen MR) is 105 cm³/mol. The number of esters is 1. The highest BCUT2D eigenvalue weighted by Crippen LogP contribution is 2.25. The second-order valence-corrected chi connectivity index (χ2v) is 6.65. The zero-order valence-corrected chi connectivity index (χ0v) is 16.4. The quantitative estimate of drug-likeness (QED) is 0.279. The van der Waals surface area contributed by atoms with Crippen molar-refractivity contribution in [3.63, 3.8) is 0 Å². The molecule has 0 fully saturated rings. The van der Waals surface area contributed by atoms with E-state index in [1.54, 1.807) is 7.05 Å². The van der Waals surface area contributed by atoms with E-state index in [0.717, 1.165) is 11.6 Å². The molecule has 1 aromatic heterocycles. The summed E-state index contributed by atoms with van der Waals surface area (Å²) in [4.78, 5) is 36.4. The molecule has 150 valence electrons. The maximum absolute atomic E-state index is 12.2. The van der Waals surface area contributed by atoms with Gasteiger partial charge in [0.2, 0.25) is 0 Å². The molecule has 0 aliphatic carbocycles. The van der Waals surface area contributed by atoms with Crippen molar-refractivity contribution in [3.8, 4) is 0 Å². The normalized spacial score (nSPS) is 10.4. The number of amides is 1. The number of carbonyl (C=O) groups is 2. The Labute approximate surface area is 166 Å². The fraction of sp³-hybridized carbons (Fsp3) is 0.333.